The van der Waals surface area contributed by atoms with Gasteiger partial charge in [0.1, 0.15) is 46.0 Å². The van der Waals surface area contributed by atoms with Gasteiger partial charge in [0, 0.05) is 64.8 Å². The molecule has 0 aliphatic carbocycles. The van der Waals surface area contributed by atoms with Crippen LogP contribution in [-0.4, -0.2) is 76.2 Å². The third-order valence-electron chi connectivity index (χ3n) is 21.9. The van der Waals surface area contributed by atoms with Crippen LogP contribution >= 0.6 is 0 Å². The van der Waals surface area contributed by atoms with Gasteiger partial charge in [0.25, 0.3) is 0 Å². The van der Waals surface area contributed by atoms with Crippen LogP contribution in [0, 0.1) is 0 Å². The SMILES string of the molecule is CCCCCCOc1c2c(c(OCCCCCC)c3ccccc13)C1=NC3=c4c(OCCCCCC)c5ccccc5c(OCCCCCC)c4=C([N]3)N=C3N=C(N=c4[n-]c(c5c(OCCCCCC)c6ccccc6c(OCCCCCC)c45)=NC2=N1)c1c3c(OCCCCCC)c2ccccc2c1OCCCCCC.[Li+]. The molecule has 0 atom stereocenters. The number of nitrogens with zero attached hydrogens (tertiary/aromatic N) is 8. The Balaban J connectivity index is 0.0000118. The fourth-order valence-corrected chi connectivity index (χ4v) is 15.9. The van der Waals surface area contributed by atoms with E-state index in [9.17, 15) is 0 Å². The Kier molecular flexibility index (Phi) is 31.4. The van der Waals surface area contributed by atoms with Gasteiger partial charge in [0.2, 0.25) is 0 Å². The second-order valence-electron chi connectivity index (χ2n) is 30.6. The molecule has 1 aromatic heterocycles. The number of hydrogen-bond acceptors (Lipinski definition) is 14. The van der Waals surface area contributed by atoms with Gasteiger partial charge in [-0.3, -0.25) is 0 Å². The van der Waals surface area contributed by atoms with Crippen molar-refractivity contribution < 1.29 is 56.8 Å². The van der Waals surface area contributed by atoms with E-state index in [2.05, 4.69) is 152 Å². The van der Waals surface area contributed by atoms with Gasteiger partial charge in [-0.2, -0.15) is 0 Å². The van der Waals surface area contributed by atoms with Gasteiger partial charge in [-0.25, -0.2) is 25.3 Å². The van der Waals surface area contributed by atoms with Crippen molar-refractivity contribution >= 4 is 88.8 Å². The van der Waals surface area contributed by atoms with Crippen LogP contribution in [0.1, 0.15) is 283 Å². The first kappa shape index (κ1) is 83.6. The van der Waals surface area contributed by atoms with Crippen LogP contribution in [0.5, 0.6) is 46.0 Å². The molecule has 113 heavy (non-hydrogen) atoms. The molecular formula is C96H120LiN8O8. The Morgan fingerprint density at radius 1 is 0.230 bits per heavy atom. The molecule has 0 saturated carbocycles. The zero-order valence-electron chi connectivity index (χ0n) is 69.4. The smallest absolute Gasteiger partial charge is 0.492 e. The van der Waals surface area contributed by atoms with Gasteiger partial charge < -0.3 is 52.9 Å². The van der Waals surface area contributed by atoms with Gasteiger partial charge in [-0.15, -0.1) is 0 Å². The van der Waals surface area contributed by atoms with E-state index in [0.717, 1.165) is 249 Å². The molecule has 0 N–H and O–H groups in total. The standard InChI is InChI=1S/C96H120N8O8.Li/c1-9-17-25-41-57-105-81-65-49-33-34-50-66(65)82(106-58-42-26-18-10-2)74-73(81)89-97-90(74)102-92-77-78(86(110-62-46-30-22-14-6)70-54-38-37-53-69(70)85(77)109-61-45-29-21-13-5)94(99-92)104-96-80-79(87(111-63-47-31-23-15-7)71-55-39-40-56-72(71)88(80)112-64-48-32-24-16-8)95(100-96)103-93-76-75(91(98-93)101-89)83(107-59-43-27-19-11-3)67-51-35-36-52-68(67)84(76)108-60-44-28-20-12-4;/h33-40,49-56H,9-32,41-48,57-64H2,1-8H3;/q-1;+1. The summed E-state index contributed by atoms with van der Waals surface area (Å²) in [6.07, 6.45) is 32.3. The van der Waals surface area contributed by atoms with Crippen LogP contribution in [0.4, 0.5) is 0 Å². The van der Waals surface area contributed by atoms with E-state index in [1.54, 1.807) is 0 Å². The van der Waals surface area contributed by atoms with Crippen molar-refractivity contribution in [3.05, 3.63) is 141 Å². The molecule has 0 amide bonds. The van der Waals surface area contributed by atoms with Crippen molar-refractivity contribution in [2.45, 2.75) is 261 Å². The zero-order valence-corrected chi connectivity index (χ0v) is 69.4. The average molecular weight is 1520 g/mol. The Morgan fingerprint density at radius 2 is 0.434 bits per heavy atom. The molecule has 4 aliphatic rings. The summed E-state index contributed by atoms with van der Waals surface area (Å²) in [5.74, 6) is 7.08. The van der Waals surface area contributed by atoms with Gasteiger partial charge in [-0.1, -0.05) is 307 Å². The van der Waals surface area contributed by atoms with Crippen LogP contribution < -0.4 is 88.5 Å². The Labute approximate surface area is 682 Å². The first-order valence-electron chi connectivity index (χ1n) is 43.5. The summed E-state index contributed by atoms with van der Waals surface area (Å²) in [5, 5.41) is 15.4. The molecule has 9 aromatic rings. The molecule has 0 spiro atoms. The maximum atomic E-state index is 7.36. The minimum absolute atomic E-state index is 0. The molecule has 8 aromatic carbocycles. The summed E-state index contributed by atoms with van der Waals surface area (Å²) in [6.45, 7) is 21.5. The van der Waals surface area contributed by atoms with E-state index in [-0.39, 0.29) is 18.9 Å². The van der Waals surface area contributed by atoms with Crippen molar-refractivity contribution in [3.63, 3.8) is 0 Å². The maximum Gasteiger partial charge on any atom is 1.00 e. The predicted molar refractivity (Wildman–Crippen MR) is 460 cm³/mol. The third kappa shape index (κ3) is 19.1. The number of unbranched alkanes of at least 4 members (excludes halogenated alkanes) is 24. The van der Waals surface area contributed by atoms with Gasteiger partial charge in [0.05, 0.1) is 97.2 Å². The van der Waals surface area contributed by atoms with E-state index in [4.69, 9.17) is 78.2 Å². The molecule has 0 fully saturated rings. The Bertz CT molecular complexity index is 4840. The normalized spacial score (nSPS) is 13.3. The van der Waals surface area contributed by atoms with Crippen molar-refractivity contribution in [3.8, 4) is 46.0 Å². The molecule has 13 rings (SSSR count). The maximum absolute atomic E-state index is 7.36. The topological polar surface area (TPSA) is 176 Å². The van der Waals surface area contributed by atoms with E-state index in [0.29, 0.717) is 188 Å². The van der Waals surface area contributed by atoms with Crippen molar-refractivity contribution in [1.82, 2.24) is 10.3 Å². The number of hydrogen-bond donors (Lipinski definition) is 0. The summed E-state index contributed by atoms with van der Waals surface area (Å²) in [7, 11) is 0. The van der Waals surface area contributed by atoms with Gasteiger partial charge in [0.15, 0.2) is 23.3 Å². The van der Waals surface area contributed by atoms with E-state index >= 15 is 0 Å². The quantitative estimate of drug-likeness (QED) is 0.0265. The number of amidine groups is 4. The van der Waals surface area contributed by atoms with E-state index in [1.807, 2.05) is 0 Å². The number of rotatable bonds is 48. The summed E-state index contributed by atoms with van der Waals surface area (Å²) < 4.78 is 58.9. The first-order chi connectivity index (χ1) is 55.4. The summed E-state index contributed by atoms with van der Waals surface area (Å²) in [5.41, 5.74) is 3.24. The monoisotopic (exact) mass is 1520 g/mol. The fourth-order valence-electron chi connectivity index (χ4n) is 15.9. The van der Waals surface area contributed by atoms with Crippen LogP contribution in [0.15, 0.2) is 127 Å². The molecule has 0 unspecified atom stereocenters. The number of aliphatic imine (C=N–C) groups is 4. The third-order valence-corrected chi connectivity index (χ3v) is 21.9. The minimum Gasteiger partial charge on any atom is -0.492 e. The van der Waals surface area contributed by atoms with Crippen molar-refractivity contribution in [2.24, 2.45) is 30.0 Å². The van der Waals surface area contributed by atoms with E-state index < -0.39 is 0 Å². The predicted octanol–water partition coefficient (Wildman–Crippen LogP) is 19.2. The molecule has 16 nitrogen and oxygen atoms in total. The fraction of sp³-hybridized carbons (Fsp3) is 0.500. The Hall–Kier alpha value is -8.84. The second kappa shape index (κ2) is 42.5. The molecule has 4 aliphatic heterocycles. The summed E-state index contributed by atoms with van der Waals surface area (Å²) >= 11 is 0. The molecule has 8 bridgehead atoms. The van der Waals surface area contributed by atoms with Crippen LogP contribution in [0.3, 0.4) is 0 Å². The minimum atomic E-state index is 0. The average Bonchev–Trinajstić information content (AvgIpc) is 1.57. The number of aromatic nitrogens is 1. The molecule has 0 saturated heterocycles. The van der Waals surface area contributed by atoms with Gasteiger partial charge >= 0.3 is 18.9 Å². The number of fused-ring (bicyclic) bond motifs is 20. The second-order valence-corrected chi connectivity index (χ2v) is 30.6. The van der Waals surface area contributed by atoms with Crippen LogP contribution in [0.25, 0.3) is 65.5 Å². The summed E-state index contributed by atoms with van der Waals surface area (Å²) in [6, 6.07) is 33.7. The molecule has 593 valence electrons. The molecule has 5 heterocycles. The van der Waals surface area contributed by atoms with E-state index in [1.165, 1.54) is 0 Å². The van der Waals surface area contributed by atoms with Crippen molar-refractivity contribution in [1.29, 1.82) is 0 Å². The Morgan fingerprint density at radius 3 is 0.673 bits per heavy atom. The molecule has 17 heteroatoms. The van der Waals surface area contributed by atoms with Crippen LogP contribution in [0.2, 0.25) is 0 Å². The van der Waals surface area contributed by atoms with Crippen molar-refractivity contribution in [2.75, 3.05) is 52.9 Å². The number of benzene rings is 8. The molecule has 1 radical (unpaired) electrons. The largest absolute Gasteiger partial charge is 1.00 e. The van der Waals surface area contributed by atoms with Gasteiger partial charge in [-0.05, 0) is 51.4 Å². The van der Waals surface area contributed by atoms with Crippen LogP contribution in [-0.2, 0) is 0 Å². The zero-order chi connectivity index (χ0) is 77.4. The molecular weight excluding hydrogens is 1400 g/mol. The summed E-state index contributed by atoms with van der Waals surface area (Å²) in [4.78, 5) is 41.2. The number of ether oxygens (including phenoxy) is 8. The first-order valence-corrected chi connectivity index (χ1v) is 43.5.